The fraction of sp³-hybridized carbons (Fsp3) is 0.412. The van der Waals surface area contributed by atoms with Gasteiger partial charge in [-0.1, -0.05) is 30.3 Å². The summed E-state index contributed by atoms with van der Waals surface area (Å²) in [5, 5.41) is 28.8. The average Bonchev–Trinajstić information content (AvgIpc) is 2.66. The molecule has 2 heterocycles. The number of ether oxygens (including phenoxy) is 2. The monoisotopic (exact) mass is 381 g/mol. The minimum atomic E-state index is -1.47. The summed E-state index contributed by atoms with van der Waals surface area (Å²) in [5.41, 5.74) is 5.76. The minimum absolute atomic E-state index is 0.126. The Morgan fingerprint density at radius 1 is 1.26 bits per heavy atom. The number of nitrogens with two attached hydrogens (primary N) is 1. The number of halogens is 1. The number of aliphatic hydroxyl groups excluding tert-OH is 3. The molecule has 5 atom stereocenters. The van der Waals surface area contributed by atoms with Gasteiger partial charge in [0.1, 0.15) is 18.3 Å². The van der Waals surface area contributed by atoms with Gasteiger partial charge in [-0.15, -0.1) is 0 Å². The van der Waals surface area contributed by atoms with Crippen molar-refractivity contribution in [3.05, 3.63) is 58.4 Å². The smallest absolute Gasteiger partial charge is 0.351 e. The Morgan fingerprint density at radius 3 is 2.63 bits per heavy atom. The standard InChI is InChI=1S/C17H20FN3O6/c18-10-7-21(6-9-4-2-1-3-5-9)17(25)20-15(10)27-16-12(19)14(24)13(23)11(8-22)26-16/h1-5,7,11-14,16,22-24H,6,8,19H2/t11-,12-,13-,14-,16+/m1/s1. The fourth-order valence-corrected chi connectivity index (χ4v) is 2.75. The quantitative estimate of drug-likeness (QED) is 0.495. The summed E-state index contributed by atoms with van der Waals surface area (Å²) in [6.45, 7) is -0.486. The van der Waals surface area contributed by atoms with E-state index in [4.69, 9.17) is 15.2 Å². The van der Waals surface area contributed by atoms with E-state index in [1.54, 1.807) is 24.3 Å². The van der Waals surface area contributed by atoms with Crippen LogP contribution in [-0.2, 0) is 11.3 Å². The molecule has 2 aromatic rings. The van der Waals surface area contributed by atoms with Crippen LogP contribution in [0.1, 0.15) is 5.56 Å². The maximum absolute atomic E-state index is 14.4. The Kier molecular flexibility index (Phi) is 5.82. The highest BCUT2D eigenvalue weighted by molar-refractivity contribution is 5.16. The van der Waals surface area contributed by atoms with Crippen LogP contribution < -0.4 is 16.2 Å². The number of nitrogens with zero attached hydrogens (tertiary/aromatic N) is 2. The fourth-order valence-electron chi connectivity index (χ4n) is 2.75. The first-order chi connectivity index (χ1) is 12.9. The van der Waals surface area contributed by atoms with Crippen LogP contribution in [0.25, 0.3) is 0 Å². The first-order valence-electron chi connectivity index (χ1n) is 8.26. The third-order valence-electron chi connectivity index (χ3n) is 4.27. The molecule has 0 amide bonds. The molecule has 1 aromatic carbocycles. The topological polar surface area (TPSA) is 140 Å². The van der Waals surface area contributed by atoms with Gasteiger partial charge in [-0.05, 0) is 5.56 Å². The SMILES string of the molecule is N[C@H]1[C@H](Oc2nc(=O)n(Cc3ccccc3)cc2F)O[C@H](CO)[C@@H](O)[C@@H]1O. The highest BCUT2D eigenvalue weighted by atomic mass is 19.1. The van der Waals surface area contributed by atoms with Crippen LogP contribution in [0.15, 0.2) is 41.3 Å². The maximum Gasteiger partial charge on any atom is 0.351 e. The second-order valence-corrected chi connectivity index (χ2v) is 6.19. The number of hydrogen-bond acceptors (Lipinski definition) is 8. The van der Waals surface area contributed by atoms with E-state index in [0.29, 0.717) is 0 Å². The van der Waals surface area contributed by atoms with Gasteiger partial charge in [0, 0.05) is 0 Å². The van der Waals surface area contributed by atoms with Crippen molar-refractivity contribution in [1.82, 2.24) is 9.55 Å². The van der Waals surface area contributed by atoms with E-state index in [0.717, 1.165) is 16.3 Å². The third-order valence-corrected chi connectivity index (χ3v) is 4.27. The molecule has 27 heavy (non-hydrogen) atoms. The highest BCUT2D eigenvalue weighted by Gasteiger charge is 2.44. The molecule has 0 aliphatic carbocycles. The molecule has 3 rings (SSSR count). The van der Waals surface area contributed by atoms with Gasteiger partial charge in [-0.2, -0.15) is 9.37 Å². The van der Waals surface area contributed by atoms with Crippen molar-refractivity contribution >= 4 is 0 Å². The summed E-state index contributed by atoms with van der Waals surface area (Å²) < 4.78 is 25.9. The summed E-state index contributed by atoms with van der Waals surface area (Å²) in [6.07, 6.45) is -4.54. The van der Waals surface area contributed by atoms with Crippen molar-refractivity contribution in [2.75, 3.05) is 6.61 Å². The molecule has 0 bridgehead atoms. The normalized spacial score (nSPS) is 28.1. The first kappa shape index (κ1) is 19.4. The minimum Gasteiger partial charge on any atom is -0.444 e. The molecule has 1 fully saturated rings. The van der Waals surface area contributed by atoms with Gasteiger partial charge in [-0.25, -0.2) is 4.79 Å². The summed E-state index contributed by atoms with van der Waals surface area (Å²) in [5.74, 6) is -1.58. The van der Waals surface area contributed by atoms with Crippen molar-refractivity contribution in [3.63, 3.8) is 0 Å². The van der Waals surface area contributed by atoms with E-state index >= 15 is 0 Å². The van der Waals surface area contributed by atoms with Gasteiger partial charge in [0.05, 0.1) is 25.4 Å². The molecular formula is C17H20FN3O6. The van der Waals surface area contributed by atoms with Gasteiger partial charge < -0.3 is 30.5 Å². The summed E-state index contributed by atoms with van der Waals surface area (Å²) in [6, 6.07) is 7.73. The molecule has 10 heteroatoms. The van der Waals surface area contributed by atoms with Crippen LogP contribution in [0.5, 0.6) is 5.88 Å². The van der Waals surface area contributed by atoms with Crippen LogP contribution in [0.2, 0.25) is 0 Å². The predicted molar refractivity (Wildman–Crippen MR) is 90.4 cm³/mol. The molecule has 1 aliphatic heterocycles. The summed E-state index contributed by atoms with van der Waals surface area (Å²) in [7, 11) is 0. The van der Waals surface area contributed by atoms with Crippen molar-refractivity contribution in [3.8, 4) is 5.88 Å². The van der Waals surface area contributed by atoms with E-state index in [-0.39, 0.29) is 6.54 Å². The van der Waals surface area contributed by atoms with Crippen molar-refractivity contribution in [2.24, 2.45) is 5.73 Å². The predicted octanol–water partition coefficient (Wildman–Crippen LogP) is -1.42. The lowest BCUT2D eigenvalue weighted by Gasteiger charge is -2.40. The Labute approximate surface area is 153 Å². The van der Waals surface area contributed by atoms with Gasteiger partial charge >= 0.3 is 5.69 Å². The molecule has 1 saturated heterocycles. The second-order valence-electron chi connectivity index (χ2n) is 6.19. The molecule has 0 saturated carbocycles. The molecule has 5 N–H and O–H groups in total. The number of hydrogen-bond donors (Lipinski definition) is 4. The van der Waals surface area contributed by atoms with E-state index in [2.05, 4.69) is 4.98 Å². The van der Waals surface area contributed by atoms with Crippen molar-refractivity contribution in [1.29, 1.82) is 0 Å². The molecule has 0 radical (unpaired) electrons. The largest absolute Gasteiger partial charge is 0.444 e. The number of rotatable bonds is 5. The van der Waals surface area contributed by atoms with E-state index in [1.807, 2.05) is 6.07 Å². The van der Waals surface area contributed by atoms with Crippen LogP contribution in [0.4, 0.5) is 4.39 Å². The molecule has 0 spiro atoms. The zero-order valence-electron chi connectivity index (χ0n) is 14.2. The zero-order valence-corrected chi connectivity index (χ0v) is 14.2. The molecule has 1 aromatic heterocycles. The second kappa shape index (κ2) is 8.11. The van der Waals surface area contributed by atoms with E-state index in [1.165, 1.54) is 0 Å². The van der Waals surface area contributed by atoms with Crippen LogP contribution in [-0.4, -0.2) is 62.1 Å². The molecular weight excluding hydrogens is 361 g/mol. The lowest BCUT2D eigenvalue weighted by atomic mass is 9.98. The summed E-state index contributed by atoms with van der Waals surface area (Å²) in [4.78, 5) is 15.7. The number of aromatic nitrogens is 2. The van der Waals surface area contributed by atoms with Crippen molar-refractivity contribution in [2.45, 2.75) is 37.2 Å². The Balaban J connectivity index is 1.79. The van der Waals surface area contributed by atoms with Gasteiger partial charge in [0.15, 0.2) is 0 Å². The van der Waals surface area contributed by atoms with Crippen LogP contribution >= 0.6 is 0 Å². The van der Waals surface area contributed by atoms with Crippen LogP contribution in [0, 0.1) is 5.82 Å². The lowest BCUT2D eigenvalue weighted by molar-refractivity contribution is -0.240. The Bertz CT molecular complexity index is 831. The van der Waals surface area contributed by atoms with Crippen molar-refractivity contribution < 1.29 is 29.2 Å². The zero-order chi connectivity index (χ0) is 19.6. The average molecular weight is 381 g/mol. The number of benzene rings is 1. The lowest BCUT2D eigenvalue weighted by Crippen LogP contribution is -2.63. The van der Waals surface area contributed by atoms with E-state index in [9.17, 15) is 24.5 Å². The van der Waals surface area contributed by atoms with Gasteiger partial charge in [0.25, 0.3) is 5.88 Å². The van der Waals surface area contributed by atoms with Gasteiger partial charge in [-0.3, -0.25) is 4.57 Å². The number of aliphatic hydroxyl groups is 3. The third kappa shape index (κ3) is 4.15. The first-order valence-corrected chi connectivity index (χ1v) is 8.26. The molecule has 146 valence electrons. The molecule has 0 unspecified atom stereocenters. The van der Waals surface area contributed by atoms with Crippen LogP contribution in [0.3, 0.4) is 0 Å². The molecule has 1 aliphatic rings. The van der Waals surface area contributed by atoms with E-state index < -0.39 is 54.6 Å². The highest BCUT2D eigenvalue weighted by Crippen LogP contribution is 2.23. The Hall–Kier alpha value is -2.37. The maximum atomic E-state index is 14.4. The molecule has 9 nitrogen and oxygen atoms in total. The van der Waals surface area contributed by atoms with Gasteiger partial charge in [0.2, 0.25) is 12.1 Å². The Morgan fingerprint density at radius 2 is 1.96 bits per heavy atom. The summed E-state index contributed by atoms with van der Waals surface area (Å²) >= 11 is 0.